The molecule has 0 fully saturated rings. The number of halogens is 2. The number of rotatable bonds is 5. The van der Waals surface area contributed by atoms with Gasteiger partial charge in [0.05, 0.1) is 5.56 Å². The average molecular weight is 360 g/mol. The second-order valence-electron chi connectivity index (χ2n) is 6.03. The Hall–Kier alpha value is -2.47. The van der Waals surface area contributed by atoms with Gasteiger partial charge in [-0.15, -0.1) is 0 Å². The molecule has 0 amide bonds. The molecule has 3 aromatic rings. The van der Waals surface area contributed by atoms with E-state index in [1.165, 1.54) is 12.4 Å². The summed E-state index contributed by atoms with van der Waals surface area (Å²) >= 11 is 6.44. The van der Waals surface area contributed by atoms with Crippen LogP contribution in [0.2, 0.25) is 5.15 Å². The van der Waals surface area contributed by atoms with Gasteiger partial charge in [0.15, 0.2) is 0 Å². The first-order valence-corrected chi connectivity index (χ1v) is 8.35. The second kappa shape index (κ2) is 6.80. The van der Waals surface area contributed by atoms with Crippen molar-refractivity contribution >= 4 is 23.2 Å². The highest BCUT2D eigenvalue weighted by Crippen LogP contribution is 2.37. The number of likely N-dealkylation sites (N-methyl/N-ethyl adjacent to an activating group) is 1. The smallest absolute Gasteiger partial charge is 0.255 e. The fraction of sp³-hybridized carbons (Fsp3) is 0.278. The zero-order valence-corrected chi connectivity index (χ0v) is 15.2. The van der Waals surface area contributed by atoms with Crippen LogP contribution in [0.15, 0.2) is 36.7 Å². The van der Waals surface area contributed by atoms with E-state index < -0.39 is 0 Å². The quantitative estimate of drug-likeness (QED) is 0.503. The molecule has 0 aliphatic carbocycles. The highest BCUT2D eigenvalue weighted by molar-refractivity contribution is 6.33. The number of nitrogens with zero attached hydrogens (tertiary/aromatic N) is 5. The summed E-state index contributed by atoms with van der Waals surface area (Å²) in [5.74, 6) is 0.674. The summed E-state index contributed by atoms with van der Waals surface area (Å²) in [4.78, 5) is 10.4. The number of aromatic nitrogens is 4. The minimum atomic E-state index is -0.351. The molecule has 2 heterocycles. The van der Waals surface area contributed by atoms with Gasteiger partial charge in [0.25, 0.3) is 5.78 Å². The van der Waals surface area contributed by atoms with Crippen LogP contribution >= 0.6 is 11.6 Å². The third kappa shape index (κ3) is 3.22. The van der Waals surface area contributed by atoms with E-state index in [9.17, 15) is 4.39 Å². The third-order valence-corrected chi connectivity index (χ3v) is 4.17. The normalized spacial score (nSPS) is 11.1. The monoisotopic (exact) mass is 359 g/mol. The van der Waals surface area contributed by atoms with Crippen LogP contribution in [0, 0.1) is 12.7 Å². The summed E-state index contributed by atoms with van der Waals surface area (Å²) < 4.78 is 16.3. The number of hydrogen-bond acceptors (Lipinski definition) is 4. The molecule has 3 rings (SSSR count). The zero-order chi connectivity index (χ0) is 18.1. The zero-order valence-electron chi connectivity index (χ0n) is 14.4. The van der Waals surface area contributed by atoms with Crippen LogP contribution in [-0.2, 0) is 0 Å². The van der Waals surface area contributed by atoms with Gasteiger partial charge in [0.1, 0.15) is 23.1 Å². The number of hydrogen-bond donors (Lipinski definition) is 0. The minimum Gasteiger partial charge on any atom is -0.352 e. The van der Waals surface area contributed by atoms with Crippen molar-refractivity contribution < 1.29 is 4.39 Å². The van der Waals surface area contributed by atoms with Gasteiger partial charge in [-0.05, 0) is 32.4 Å². The fourth-order valence-electron chi connectivity index (χ4n) is 2.81. The van der Waals surface area contributed by atoms with Crippen LogP contribution < -0.4 is 4.90 Å². The molecule has 130 valence electrons. The first-order valence-electron chi connectivity index (χ1n) is 7.97. The number of aryl methyl sites for hydroxylation is 1. The Morgan fingerprint density at radius 2 is 2.16 bits per heavy atom. The molecular weight excluding hydrogens is 341 g/mol. The van der Waals surface area contributed by atoms with Crippen LogP contribution in [0.3, 0.4) is 0 Å². The number of anilines is 1. The summed E-state index contributed by atoms with van der Waals surface area (Å²) in [5.41, 5.74) is 2.69. The lowest BCUT2D eigenvalue weighted by Crippen LogP contribution is -2.28. The topological polar surface area (TPSA) is 46.3 Å². The molecule has 7 heteroatoms. The van der Waals surface area contributed by atoms with Crippen molar-refractivity contribution in [2.24, 2.45) is 0 Å². The predicted molar refractivity (Wildman–Crippen MR) is 98.6 cm³/mol. The Kier molecular flexibility index (Phi) is 4.72. The molecule has 0 N–H and O–H groups in total. The SMILES string of the molecule is C=C(C)CN(CC)c1c(-c2ccc(C)cc2F)c(Cl)nc2ncnn12. The lowest BCUT2D eigenvalue weighted by Gasteiger charge is -2.26. The summed E-state index contributed by atoms with van der Waals surface area (Å²) in [5, 5.41) is 4.45. The summed E-state index contributed by atoms with van der Waals surface area (Å²) in [6, 6.07) is 5.05. The van der Waals surface area contributed by atoms with Gasteiger partial charge in [0, 0.05) is 18.7 Å². The van der Waals surface area contributed by atoms with Gasteiger partial charge < -0.3 is 4.90 Å². The number of fused-ring (bicyclic) bond motifs is 1. The Morgan fingerprint density at radius 1 is 1.40 bits per heavy atom. The Balaban J connectivity index is 2.35. The maximum absolute atomic E-state index is 14.7. The van der Waals surface area contributed by atoms with Crippen molar-refractivity contribution in [1.29, 1.82) is 0 Å². The van der Waals surface area contributed by atoms with Crippen LogP contribution in [0.1, 0.15) is 19.4 Å². The van der Waals surface area contributed by atoms with Crippen molar-refractivity contribution in [2.45, 2.75) is 20.8 Å². The van der Waals surface area contributed by atoms with Gasteiger partial charge in [0.2, 0.25) is 0 Å². The van der Waals surface area contributed by atoms with Crippen LogP contribution in [0.4, 0.5) is 10.2 Å². The van der Waals surface area contributed by atoms with Crippen molar-refractivity contribution in [3.05, 3.63) is 53.2 Å². The summed E-state index contributed by atoms with van der Waals surface area (Å²) in [7, 11) is 0. The molecule has 0 bridgehead atoms. The summed E-state index contributed by atoms with van der Waals surface area (Å²) in [6.45, 7) is 11.0. The molecule has 0 saturated heterocycles. The van der Waals surface area contributed by atoms with E-state index >= 15 is 0 Å². The Labute approximate surface area is 150 Å². The average Bonchev–Trinajstić information content (AvgIpc) is 3.00. The van der Waals surface area contributed by atoms with Gasteiger partial charge in [-0.3, -0.25) is 0 Å². The molecule has 0 saturated carbocycles. The molecule has 0 radical (unpaired) electrons. The molecular formula is C18H19ClFN5. The first-order chi connectivity index (χ1) is 11.9. The van der Waals surface area contributed by atoms with Gasteiger partial charge >= 0.3 is 0 Å². The molecule has 0 spiro atoms. The van der Waals surface area contributed by atoms with E-state index in [-0.39, 0.29) is 11.0 Å². The van der Waals surface area contributed by atoms with E-state index in [0.717, 1.165) is 11.1 Å². The second-order valence-corrected chi connectivity index (χ2v) is 6.39. The molecule has 0 unspecified atom stereocenters. The Morgan fingerprint density at radius 3 is 2.80 bits per heavy atom. The lowest BCUT2D eigenvalue weighted by molar-refractivity contribution is 0.629. The van der Waals surface area contributed by atoms with Gasteiger partial charge in [-0.1, -0.05) is 35.9 Å². The van der Waals surface area contributed by atoms with Crippen molar-refractivity contribution in [2.75, 3.05) is 18.0 Å². The van der Waals surface area contributed by atoms with Crippen molar-refractivity contribution in [1.82, 2.24) is 19.6 Å². The number of benzene rings is 1. The van der Waals surface area contributed by atoms with Gasteiger partial charge in [-0.2, -0.15) is 19.6 Å². The first kappa shape index (κ1) is 17.4. The summed E-state index contributed by atoms with van der Waals surface area (Å²) in [6.07, 6.45) is 1.41. The van der Waals surface area contributed by atoms with E-state index in [1.54, 1.807) is 10.6 Å². The van der Waals surface area contributed by atoms with Gasteiger partial charge in [-0.25, -0.2) is 4.39 Å². The van der Waals surface area contributed by atoms with Crippen LogP contribution in [-0.4, -0.2) is 32.7 Å². The van der Waals surface area contributed by atoms with Crippen LogP contribution in [0.5, 0.6) is 0 Å². The fourth-order valence-corrected chi connectivity index (χ4v) is 3.07. The molecule has 25 heavy (non-hydrogen) atoms. The van der Waals surface area contributed by atoms with Crippen molar-refractivity contribution in [3.63, 3.8) is 0 Å². The van der Waals surface area contributed by atoms with E-state index in [0.29, 0.717) is 35.8 Å². The largest absolute Gasteiger partial charge is 0.352 e. The van der Waals surface area contributed by atoms with E-state index in [1.807, 2.05) is 31.7 Å². The van der Waals surface area contributed by atoms with E-state index in [4.69, 9.17) is 11.6 Å². The molecule has 0 aliphatic heterocycles. The highest BCUT2D eigenvalue weighted by atomic mass is 35.5. The van der Waals surface area contributed by atoms with E-state index in [2.05, 4.69) is 21.6 Å². The Bertz CT molecular complexity index is 950. The molecule has 2 aromatic heterocycles. The minimum absolute atomic E-state index is 0.193. The maximum atomic E-state index is 14.7. The standard InChI is InChI=1S/C18H19ClFN5/c1-5-24(9-11(2)3)17-15(13-7-6-12(4)8-14(13)20)16(19)23-18-21-10-22-25(17)18/h6-8,10H,2,5,9H2,1,3-4H3. The predicted octanol–water partition coefficient (Wildman–Crippen LogP) is 4.29. The molecule has 0 aliphatic rings. The third-order valence-electron chi connectivity index (χ3n) is 3.89. The molecule has 0 atom stereocenters. The molecule has 1 aromatic carbocycles. The molecule has 5 nitrogen and oxygen atoms in total. The lowest BCUT2D eigenvalue weighted by atomic mass is 10.0. The maximum Gasteiger partial charge on any atom is 0.255 e. The highest BCUT2D eigenvalue weighted by Gasteiger charge is 2.23. The van der Waals surface area contributed by atoms with Crippen LogP contribution in [0.25, 0.3) is 16.9 Å². The van der Waals surface area contributed by atoms with Crippen molar-refractivity contribution in [3.8, 4) is 11.1 Å².